The van der Waals surface area contributed by atoms with Crippen LogP contribution in [0.1, 0.15) is 12.8 Å². The number of ether oxygens (including phenoxy) is 2. The topological polar surface area (TPSA) is 47.5 Å². The number of piperidine rings is 1. The Labute approximate surface area is 117 Å². The molecule has 2 aromatic rings. The summed E-state index contributed by atoms with van der Waals surface area (Å²) in [5.41, 5.74) is 2.10. The molecule has 104 valence electrons. The smallest absolute Gasteiger partial charge is 0.171 e. The van der Waals surface area contributed by atoms with Crippen molar-refractivity contribution in [1.82, 2.24) is 10.2 Å². The predicted octanol–water partition coefficient (Wildman–Crippen LogP) is 1.97. The number of aromatic nitrogens is 2. The van der Waals surface area contributed by atoms with Gasteiger partial charge in [0.1, 0.15) is 0 Å². The van der Waals surface area contributed by atoms with E-state index in [9.17, 15) is 0 Å². The molecule has 4 rings (SSSR count). The summed E-state index contributed by atoms with van der Waals surface area (Å²) in [6.45, 7) is 3.30. The monoisotopic (exact) mass is 271 g/mol. The highest BCUT2D eigenvalue weighted by molar-refractivity contribution is 5.90. The molecular formula is C15H17N3O2. The third kappa shape index (κ3) is 1.94. The lowest BCUT2D eigenvalue weighted by atomic mass is 10.0. The van der Waals surface area contributed by atoms with Crippen LogP contribution >= 0.6 is 0 Å². The molecule has 0 saturated carbocycles. The second-order valence-electron chi connectivity index (χ2n) is 5.34. The number of rotatable bonds is 1. The molecular weight excluding hydrogens is 254 g/mol. The minimum Gasteiger partial charge on any atom is -0.369 e. The van der Waals surface area contributed by atoms with E-state index in [1.807, 2.05) is 24.4 Å². The molecule has 1 aromatic heterocycles. The van der Waals surface area contributed by atoms with Crippen LogP contribution in [0.15, 0.2) is 30.5 Å². The van der Waals surface area contributed by atoms with Gasteiger partial charge in [0, 0.05) is 31.3 Å². The zero-order valence-corrected chi connectivity index (χ0v) is 11.3. The molecule has 0 N–H and O–H groups in total. The van der Waals surface area contributed by atoms with Gasteiger partial charge < -0.3 is 14.4 Å². The van der Waals surface area contributed by atoms with Crippen molar-refractivity contribution in [3.63, 3.8) is 0 Å². The Balaban J connectivity index is 1.61. The Morgan fingerprint density at radius 1 is 1.05 bits per heavy atom. The number of anilines is 1. The Morgan fingerprint density at radius 2 is 1.80 bits per heavy atom. The highest BCUT2D eigenvalue weighted by Gasteiger charge is 2.40. The molecule has 2 aliphatic heterocycles. The van der Waals surface area contributed by atoms with Crippen molar-refractivity contribution in [2.45, 2.75) is 18.6 Å². The Morgan fingerprint density at radius 3 is 2.60 bits per heavy atom. The number of benzene rings is 1. The van der Waals surface area contributed by atoms with Crippen molar-refractivity contribution in [2.24, 2.45) is 0 Å². The van der Waals surface area contributed by atoms with Crippen LogP contribution in [0.2, 0.25) is 0 Å². The normalized spacial score (nSPS) is 21.7. The summed E-state index contributed by atoms with van der Waals surface area (Å²) in [6, 6.07) is 8.14. The van der Waals surface area contributed by atoms with Crippen LogP contribution in [0.5, 0.6) is 0 Å². The quantitative estimate of drug-likeness (QED) is 0.793. The molecule has 20 heavy (non-hydrogen) atoms. The average Bonchev–Trinajstić information content (AvgIpc) is 2.96. The van der Waals surface area contributed by atoms with E-state index < -0.39 is 0 Å². The first-order chi connectivity index (χ1) is 9.86. The zero-order chi connectivity index (χ0) is 13.4. The average molecular weight is 271 g/mol. The molecule has 0 amide bonds. The Bertz CT molecular complexity index is 610. The second kappa shape index (κ2) is 4.68. The maximum Gasteiger partial charge on any atom is 0.171 e. The molecule has 0 aliphatic carbocycles. The van der Waals surface area contributed by atoms with E-state index in [0.717, 1.165) is 55.7 Å². The second-order valence-corrected chi connectivity index (χ2v) is 5.34. The van der Waals surface area contributed by atoms with Gasteiger partial charge in [-0.1, -0.05) is 18.2 Å². The van der Waals surface area contributed by atoms with Gasteiger partial charge in [-0.2, -0.15) is 10.2 Å². The first kappa shape index (κ1) is 12.1. The van der Waals surface area contributed by atoms with Crippen LogP contribution < -0.4 is 4.90 Å². The zero-order valence-electron chi connectivity index (χ0n) is 11.3. The lowest BCUT2D eigenvalue weighted by Crippen LogP contribution is -2.45. The van der Waals surface area contributed by atoms with Gasteiger partial charge in [-0.05, 0) is 6.07 Å². The van der Waals surface area contributed by atoms with Crippen molar-refractivity contribution < 1.29 is 9.47 Å². The van der Waals surface area contributed by atoms with Gasteiger partial charge in [0.25, 0.3) is 0 Å². The lowest BCUT2D eigenvalue weighted by Gasteiger charge is -2.38. The summed E-state index contributed by atoms with van der Waals surface area (Å²) in [5.74, 6) is -0.327. The molecule has 2 fully saturated rings. The van der Waals surface area contributed by atoms with E-state index >= 15 is 0 Å². The SMILES string of the molecule is c1ccc2c(N3CCC4(CC3)OCCO4)cnnc2c1. The summed E-state index contributed by atoms with van der Waals surface area (Å²) >= 11 is 0. The van der Waals surface area contributed by atoms with Gasteiger partial charge in [0.2, 0.25) is 0 Å². The van der Waals surface area contributed by atoms with Crippen LogP contribution in [0.3, 0.4) is 0 Å². The Kier molecular flexibility index (Phi) is 2.82. The first-order valence-corrected chi connectivity index (χ1v) is 7.10. The molecule has 1 spiro atoms. The molecule has 0 unspecified atom stereocenters. The van der Waals surface area contributed by atoms with E-state index in [1.165, 1.54) is 0 Å². The van der Waals surface area contributed by atoms with E-state index in [-0.39, 0.29) is 5.79 Å². The van der Waals surface area contributed by atoms with Gasteiger partial charge in [-0.3, -0.25) is 0 Å². The van der Waals surface area contributed by atoms with Crippen molar-refractivity contribution in [3.8, 4) is 0 Å². The summed E-state index contributed by atoms with van der Waals surface area (Å²) in [5, 5.41) is 9.46. The molecule has 2 saturated heterocycles. The summed E-state index contributed by atoms with van der Waals surface area (Å²) in [4.78, 5) is 2.35. The third-order valence-corrected chi connectivity index (χ3v) is 4.20. The van der Waals surface area contributed by atoms with E-state index in [1.54, 1.807) is 0 Å². The molecule has 0 atom stereocenters. The molecule has 2 aliphatic rings. The number of hydrogen-bond acceptors (Lipinski definition) is 5. The van der Waals surface area contributed by atoms with Gasteiger partial charge in [-0.15, -0.1) is 0 Å². The summed E-state index contributed by atoms with van der Waals surface area (Å²) in [7, 11) is 0. The van der Waals surface area contributed by atoms with Crippen LogP contribution in [-0.2, 0) is 9.47 Å². The van der Waals surface area contributed by atoms with Gasteiger partial charge in [0.15, 0.2) is 5.79 Å². The Hall–Kier alpha value is -1.72. The highest BCUT2D eigenvalue weighted by Crippen LogP contribution is 2.34. The van der Waals surface area contributed by atoms with Crippen LogP contribution in [0.25, 0.3) is 10.9 Å². The van der Waals surface area contributed by atoms with Crippen molar-refractivity contribution >= 4 is 16.6 Å². The summed E-state index contributed by atoms with van der Waals surface area (Å²) in [6.07, 6.45) is 3.67. The lowest BCUT2D eigenvalue weighted by molar-refractivity contribution is -0.169. The molecule has 0 bridgehead atoms. The van der Waals surface area contributed by atoms with Crippen LogP contribution in [0, 0.1) is 0 Å². The largest absolute Gasteiger partial charge is 0.369 e. The minimum absolute atomic E-state index is 0.327. The standard InChI is InChI=1S/C15H17N3O2/c1-2-4-13-12(3-1)14(11-16-17-13)18-7-5-15(6-8-18)19-9-10-20-15/h1-4,11H,5-10H2. The third-order valence-electron chi connectivity index (χ3n) is 4.20. The van der Waals surface area contributed by atoms with Crippen LogP contribution in [0.4, 0.5) is 5.69 Å². The first-order valence-electron chi connectivity index (χ1n) is 7.10. The van der Waals surface area contributed by atoms with E-state index in [0.29, 0.717) is 0 Å². The molecule has 1 aromatic carbocycles. The molecule has 0 radical (unpaired) electrons. The molecule has 3 heterocycles. The number of nitrogens with zero attached hydrogens (tertiary/aromatic N) is 3. The van der Waals surface area contributed by atoms with E-state index in [2.05, 4.69) is 21.2 Å². The van der Waals surface area contributed by atoms with Crippen LogP contribution in [-0.4, -0.2) is 42.3 Å². The van der Waals surface area contributed by atoms with Gasteiger partial charge >= 0.3 is 0 Å². The van der Waals surface area contributed by atoms with E-state index in [4.69, 9.17) is 9.47 Å². The van der Waals surface area contributed by atoms with Crippen molar-refractivity contribution in [1.29, 1.82) is 0 Å². The fraction of sp³-hybridized carbons (Fsp3) is 0.467. The fourth-order valence-electron chi connectivity index (χ4n) is 3.12. The van der Waals surface area contributed by atoms with Crippen molar-refractivity contribution in [3.05, 3.63) is 30.5 Å². The van der Waals surface area contributed by atoms with Crippen molar-refractivity contribution in [2.75, 3.05) is 31.2 Å². The maximum absolute atomic E-state index is 5.78. The predicted molar refractivity (Wildman–Crippen MR) is 75.6 cm³/mol. The number of fused-ring (bicyclic) bond motifs is 1. The molecule has 5 heteroatoms. The summed E-state index contributed by atoms with van der Waals surface area (Å²) < 4.78 is 11.6. The highest BCUT2D eigenvalue weighted by atomic mass is 16.7. The number of hydrogen-bond donors (Lipinski definition) is 0. The molecule has 5 nitrogen and oxygen atoms in total. The van der Waals surface area contributed by atoms with Gasteiger partial charge in [0.05, 0.1) is 30.6 Å². The fourth-order valence-corrected chi connectivity index (χ4v) is 3.12. The minimum atomic E-state index is -0.327. The maximum atomic E-state index is 5.78. The van der Waals surface area contributed by atoms with Gasteiger partial charge in [-0.25, -0.2) is 0 Å².